The Morgan fingerprint density at radius 3 is 2.65 bits per heavy atom. The summed E-state index contributed by atoms with van der Waals surface area (Å²) in [5.41, 5.74) is -0.479. The minimum atomic E-state index is -4.53. The van der Waals surface area contributed by atoms with Crippen LogP contribution in [0.1, 0.15) is 25.3 Å². The molecular weight excluding hydrogens is 373 g/mol. The van der Waals surface area contributed by atoms with Gasteiger partial charge in [-0.25, -0.2) is 0 Å². The SMILES string of the molecule is C[C@@H]1CN(CCCC(=O)O)C(=O)C=CN1c1ccc(C(F)(F)F)c(Cl)c1. The molecular formula is C17H18ClF3N2O3. The van der Waals surface area contributed by atoms with Gasteiger partial charge < -0.3 is 14.9 Å². The van der Waals surface area contributed by atoms with E-state index >= 15 is 0 Å². The van der Waals surface area contributed by atoms with Crippen LogP contribution in [0, 0.1) is 0 Å². The first-order valence-corrected chi connectivity index (χ1v) is 8.31. The van der Waals surface area contributed by atoms with Crippen LogP contribution < -0.4 is 4.90 Å². The van der Waals surface area contributed by atoms with E-state index < -0.39 is 22.7 Å². The molecule has 5 nitrogen and oxygen atoms in total. The van der Waals surface area contributed by atoms with Crippen molar-refractivity contribution in [3.63, 3.8) is 0 Å². The van der Waals surface area contributed by atoms with Crippen LogP contribution in [0.15, 0.2) is 30.5 Å². The Hall–Kier alpha value is -2.22. The van der Waals surface area contributed by atoms with Gasteiger partial charge in [0, 0.05) is 43.5 Å². The van der Waals surface area contributed by atoms with Gasteiger partial charge in [-0.3, -0.25) is 9.59 Å². The van der Waals surface area contributed by atoms with E-state index in [9.17, 15) is 22.8 Å². The summed E-state index contributed by atoms with van der Waals surface area (Å²) in [7, 11) is 0. The summed E-state index contributed by atoms with van der Waals surface area (Å²) in [6, 6.07) is 3.21. The van der Waals surface area contributed by atoms with Gasteiger partial charge in [-0.2, -0.15) is 13.2 Å². The van der Waals surface area contributed by atoms with Crippen molar-refractivity contribution >= 4 is 29.2 Å². The van der Waals surface area contributed by atoms with Crippen LogP contribution in [0.2, 0.25) is 5.02 Å². The minimum absolute atomic E-state index is 0.0416. The quantitative estimate of drug-likeness (QED) is 0.831. The van der Waals surface area contributed by atoms with Crippen LogP contribution in [0.25, 0.3) is 0 Å². The Bertz CT molecular complexity index is 722. The molecule has 1 amide bonds. The number of alkyl halides is 3. The standard InChI is InChI=1S/C17H18ClF3N2O3/c1-11-10-22(7-2-3-16(25)26)15(24)6-8-23(11)12-4-5-13(14(18)9-12)17(19,20)21/h4-6,8-9,11H,2-3,7,10H2,1H3,(H,25,26)/t11-/m1/s1. The summed E-state index contributed by atoms with van der Waals surface area (Å²) >= 11 is 5.77. The number of halogens is 4. The van der Waals surface area contributed by atoms with E-state index in [4.69, 9.17) is 16.7 Å². The van der Waals surface area contributed by atoms with Gasteiger partial charge in [0.2, 0.25) is 5.91 Å². The normalized spacial score (nSPS) is 18.2. The zero-order valence-corrected chi connectivity index (χ0v) is 14.7. The Kier molecular flexibility index (Phi) is 6.17. The van der Waals surface area contributed by atoms with Crippen molar-refractivity contribution in [3.8, 4) is 0 Å². The number of carbonyl (C=O) groups is 2. The van der Waals surface area contributed by atoms with E-state index in [1.807, 2.05) is 6.92 Å². The molecule has 0 saturated heterocycles. The van der Waals surface area contributed by atoms with Gasteiger partial charge in [0.25, 0.3) is 0 Å². The van der Waals surface area contributed by atoms with E-state index in [1.54, 1.807) is 4.90 Å². The smallest absolute Gasteiger partial charge is 0.417 e. The van der Waals surface area contributed by atoms with Crippen LogP contribution in [0.5, 0.6) is 0 Å². The first-order chi connectivity index (χ1) is 12.1. The molecule has 0 aliphatic carbocycles. The predicted molar refractivity (Wildman–Crippen MR) is 91.0 cm³/mol. The van der Waals surface area contributed by atoms with Gasteiger partial charge in [-0.05, 0) is 31.5 Å². The van der Waals surface area contributed by atoms with Crippen LogP contribution in [-0.4, -0.2) is 41.0 Å². The summed E-state index contributed by atoms with van der Waals surface area (Å²) in [6.07, 6.45) is -1.43. The molecule has 9 heteroatoms. The van der Waals surface area contributed by atoms with Crippen molar-refractivity contribution < 1.29 is 27.9 Å². The molecule has 142 valence electrons. The number of nitrogens with zero attached hydrogens (tertiary/aromatic N) is 2. The highest BCUT2D eigenvalue weighted by molar-refractivity contribution is 6.31. The van der Waals surface area contributed by atoms with Crippen LogP contribution >= 0.6 is 11.6 Å². The van der Waals surface area contributed by atoms with Crippen molar-refractivity contribution in [3.05, 3.63) is 41.1 Å². The molecule has 0 saturated carbocycles. The number of hydrogen-bond acceptors (Lipinski definition) is 3. The van der Waals surface area contributed by atoms with E-state index in [-0.39, 0.29) is 18.4 Å². The van der Waals surface area contributed by atoms with Gasteiger partial charge in [0.1, 0.15) is 0 Å². The fourth-order valence-electron chi connectivity index (χ4n) is 2.75. The van der Waals surface area contributed by atoms with Gasteiger partial charge in [-0.1, -0.05) is 11.6 Å². The molecule has 1 aliphatic rings. The molecule has 1 atom stereocenters. The topological polar surface area (TPSA) is 60.9 Å². The third-order valence-corrected chi connectivity index (χ3v) is 4.34. The lowest BCUT2D eigenvalue weighted by molar-refractivity contribution is -0.138. The van der Waals surface area contributed by atoms with Crippen molar-refractivity contribution in [2.45, 2.75) is 32.0 Å². The summed E-state index contributed by atoms with van der Waals surface area (Å²) in [5, 5.41) is 8.28. The van der Waals surface area contributed by atoms with Gasteiger partial charge in [0.05, 0.1) is 10.6 Å². The number of carboxylic acid groups (broad SMARTS) is 1. The fraction of sp³-hybridized carbons (Fsp3) is 0.412. The Morgan fingerprint density at radius 2 is 2.08 bits per heavy atom. The van der Waals surface area contributed by atoms with Gasteiger partial charge in [-0.15, -0.1) is 0 Å². The Morgan fingerprint density at radius 1 is 1.38 bits per heavy atom. The Balaban J connectivity index is 2.17. The van der Waals surface area contributed by atoms with Crippen molar-refractivity contribution in [2.24, 2.45) is 0 Å². The second-order valence-corrected chi connectivity index (χ2v) is 6.42. The first-order valence-electron chi connectivity index (χ1n) is 7.93. The molecule has 0 spiro atoms. The number of rotatable bonds is 5. The highest BCUT2D eigenvalue weighted by Gasteiger charge is 2.33. The molecule has 0 bridgehead atoms. The zero-order valence-electron chi connectivity index (χ0n) is 14.0. The number of benzene rings is 1. The second-order valence-electron chi connectivity index (χ2n) is 6.02. The van der Waals surface area contributed by atoms with Gasteiger partial charge in [0.15, 0.2) is 0 Å². The van der Waals surface area contributed by atoms with E-state index in [0.717, 1.165) is 6.07 Å². The average Bonchev–Trinajstić information content (AvgIpc) is 2.65. The molecule has 1 aromatic carbocycles. The molecule has 26 heavy (non-hydrogen) atoms. The van der Waals surface area contributed by atoms with Crippen molar-refractivity contribution in [1.29, 1.82) is 0 Å². The summed E-state index contributed by atoms with van der Waals surface area (Å²) in [4.78, 5) is 26.0. The van der Waals surface area contributed by atoms with Crippen LogP contribution in [0.4, 0.5) is 18.9 Å². The predicted octanol–water partition coefficient (Wildman–Crippen LogP) is 3.77. The zero-order chi connectivity index (χ0) is 19.5. The van der Waals surface area contributed by atoms with E-state index in [1.165, 1.54) is 29.3 Å². The number of hydrogen-bond donors (Lipinski definition) is 1. The number of carbonyl (C=O) groups excluding carboxylic acids is 1. The van der Waals surface area contributed by atoms with E-state index in [2.05, 4.69) is 0 Å². The summed E-state index contributed by atoms with van der Waals surface area (Å²) < 4.78 is 38.5. The third-order valence-electron chi connectivity index (χ3n) is 4.02. The fourth-order valence-corrected chi connectivity index (χ4v) is 3.03. The first kappa shape index (κ1) is 20.1. The molecule has 0 radical (unpaired) electrons. The molecule has 1 heterocycles. The third kappa shape index (κ3) is 4.91. The lowest BCUT2D eigenvalue weighted by atomic mass is 10.1. The maximum atomic E-state index is 12.8. The maximum Gasteiger partial charge on any atom is 0.417 e. The second kappa shape index (κ2) is 7.99. The summed E-state index contributed by atoms with van der Waals surface area (Å²) in [5.74, 6) is -1.21. The lowest BCUT2D eigenvalue weighted by Crippen LogP contribution is -2.40. The molecule has 1 N–H and O–H groups in total. The minimum Gasteiger partial charge on any atom is -0.481 e. The molecule has 0 aromatic heterocycles. The van der Waals surface area contributed by atoms with Gasteiger partial charge >= 0.3 is 12.1 Å². The van der Waals surface area contributed by atoms with E-state index in [0.29, 0.717) is 25.2 Å². The highest BCUT2D eigenvalue weighted by Crippen LogP contribution is 2.37. The van der Waals surface area contributed by atoms with Crippen molar-refractivity contribution in [2.75, 3.05) is 18.0 Å². The monoisotopic (exact) mass is 390 g/mol. The number of amides is 1. The largest absolute Gasteiger partial charge is 0.481 e. The number of carboxylic acids is 1. The lowest BCUT2D eigenvalue weighted by Gasteiger charge is -2.30. The average molecular weight is 391 g/mol. The maximum absolute atomic E-state index is 12.8. The summed E-state index contributed by atoms with van der Waals surface area (Å²) in [6.45, 7) is 2.42. The molecule has 2 rings (SSSR count). The Labute approximate surface area is 153 Å². The number of anilines is 1. The highest BCUT2D eigenvalue weighted by atomic mass is 35.5. The number of aliphatic carboxylic acids is 1. The molecule has 0 unspecified atom stereocenters. The van der Waals surface area contributed by atoms with Crippen molar-refractivity contribution in [1.82, 2.24) is 4.90 Å². The molecule has 0 fully saturated rings. The van der Waals surface area contributed by atoms with Crippen LogP contribution in [0.3, 0.4) is 0 Å². The molecule has 1 aliphatic heterocycles. The molecule has 1 aromatic rings. The van der Waals surface area contributed by atoms with Crippen LogP contribution in [-0.2, 0) is 15.8 Å².